The summed E-state index contributed by atoms with van der Waals surface area (Å²) in [4.78, 5) is 1.28. The molecule has 8 heavy (non-hydrogen) atoms. The van der Waals surface area contributed by atoms with Crippen molar-refractivity contribution in [1.82, 2.24) is 0 Å². The van der Waals surface area contributed by atoms with E-state index in [0.717, 1.165) is 11.4 Å². The van der Waals surface area contributed by atoms with Crippen molar-refractivity contribution in [2.45, 2.75) is 13.3 Å². The van der Waals surface area contributed by atoms with Gasteiger partial charge in [-0.25, -0.2) is 0 Å². The number of halogens is 1. The third-order valence-corrected chi connectivity index (χ3v) is 2.54. The van der Waals surface area contributed by atoms with E-state index in [2.05, 4.69) is 6.92 Å². The molecule has 0 aromatic carbocycles. The highest BCUT2D eigenvalue weighted by molar-refractivity contribution is 7.10. The van der Waals surface area contributed by atoms with Crippen molar-refractivity contribution in [2.75, 3.05) is 0 Å². The van der Waals surface area contributed by atoms with E-state index < -0.39 is 0 Å². The van der Waals surface area contributed by atoms with E-state index >= 15 is 0 Å². The zero-order valence-electron chi connectivity index (χ0n) is 4.65. The van der Waals surface area contributed by atoms with E-state index in [1.54, 1.807) is 11.3 Å². The lowest BCUT2D eigenvalue weighted by atomic mass is 10.4. The Labute approximate surface area is 58.1 Å². The van der Waals surface area contributed by atoms with Crippen molar-refractivity contribution in [2.24, 2.45) is 0 Å². The van der Waals surface area contributed by atoms with Crippen LogP contribution in [-0.2, 0) is 6.42 Å². The summed E-state index contributed by atoms with van der Waals surface area (Å²) >= 11 is 7.47. The molecule has 0 spiro atoms. The Morgan fingerprint density at radius 1 is 1.75 bits per heavy atom. The first kappa shape index (κ1) is 6.12. The van der Waals surface area contributed by atoms with Gasteiger partial charge in [-0.05, 0) is 17.9 Å². The van der Waals surface area contributed by atoms with Crippen molar-refractivity contribution in [3.05, 3.63) is 21.3 Å². The first-order chi connectivity index (χ1) is 3.84. The van der Waals surface area contributed by atoms with Gasteiger partial charge in [0, 0.05) is 4.88 Å². The molecule has 1 rings (SSSR count). The van der Waals surface area contributed by atoms with Crippen LogP contribution in [0, 0.1) is 0 Å². The Kier molecular flexibility index (Phi) is 1.92. The zero-order chi connectivity index (χ0) is 5.98. The third kappa shape index (κ3) is 1.04. The monoisotopic (exact) mass is 146 g/mol. The molecule has 1 aromatic rings. The largest absolute Gasteiger partial charge is 0.147 e. The van der Waals surface area contributed by atoms with Crippen LogP contribution in [0.3, 0.4) is 0 Å². The van der Waals surface area contributed by atoms with E-state index in [-0.39, 0.29) is 0 Å². The fraction of sp³-hybridized carbons (Fsp3) is 0.333. The molecule has 0 saturated carbocycles. The summed E-state index contributed by atoms with van der Waals surface area (Å²) in [6.07, 6.45) is 1.05. The standard InChI is InChI=1S/C6H7ClS/c1-2-6-5(7)3-4-8-6/h3-4H,2H2,1H3. The molecule has 1 aromatic heterocycles. The van der Waals surface area contributed by atoms with Gasteiger partial charge in [0.15, 0.2) is 0 Å². The molecular weight excluding hydrogens is 140 g/mol. The fourth-order valence-electron chi connectivity index (χ4n) is 0.577. The molecule has 0 bridgehead atoms. The maximum Gasteiger partial charge on any atom is 0.0544 e. The quantitative estimate of drug-likeness (QED) is 0.572. The van der Waals surface area contributed by atoms with Gasteiger partial charge < -0.3 is 0 Å². The summed E-state index contributed by atoms with van der Waals surface area (Å²) in [5.41, 5.74) is 0. The van der Waals surface area contributed by atoms with Gasteiger partial charge in [0.25, 0.3) is 0 Å². The van der Waals surface area contributed by atoms with Crippen LogP contribution in [0.25, 0.3) is 0 Å². The summed E-state index contributed by atoms with van der Waals surface area (Å²) in [5, 5.41) is 2.93. The molecule has 0 radical (unpaired) electrons. The Morgan fingerprint density at radius 3 is 2.75 bits per heavy atom. The summed E-state index contributed by atoms with van der Waals surface area (Å²) in [6, 6.07) is 1.94. The molecule has 0 unspecified atom stereocenters. The smallest absolute Gasteiger partial charge is 0.0544 e. The van der Waals surface area contributed by atoms with Gasteiger partial charge in [0.05, 0.1) is 5.02 Å². The molecule has 1 heterocycles. The second-order valence-electron chi connectivity index (χ2n) is 1.55. The third-order valence-electron chi connectivity index (χ3n) is 1.01. The van der Waals surface area contributed by atoms with Crippen LogP contribution in [0.1, 0.15) is 11.8 Å². The molecule has 0 saturated heterocycles. The van der Waals surface area contributed by atoms with Crippen LogP contribution < -0.4 is 0 Å². The highest BCUT2D eigenvalue weighted by Crippen LogP contribution is 2.21. The number of aryl methyl sites for hydroxylation is 1. The lowest BCUT2D eigenvalue weighted by molar-refractivity contribution is 1.19. The van der Waals surface area contributed by atoms with E-state index in [4.69, 9.17) is 11.6 Å². The minimum absolute atomic E-state index is 0.914. The number of thiophene rings is 1. The van der Waals surface area contributed by atoms with Crippen molar-refractivity contribution in [1.29, 1.82) is 0 Å². The zero-order valence-corrected chi connectivity index (χ0v) is 6.22. The van der Waals surface area contributed by atoms with Crippen molar-refractivity contribution >= 4 is 22.9 Å². The first-order valence-electron chi connectivity index (χ1n) is 2.56. The Bertz CT molecular complexity index is 169. The SMILES string of the molecule is CCc1sccc1Cl. The molecule has 0 N–H and O–H groups in total. The second-order valence-corrected chi connectivity index (χ2v) is 2.95. The molecule has 0 nitrogen and oxygen atoms in total. The van der Waals surface area contributed by atoms with Crippen molar-refractivity contribution in [3.8, 4) is 0 Å². The summed E-state index contributed by atoms with van der Waals surface area (Å²) in [7, 11) is 0. The van der Waals surface area contributed by atoms with Gasteiger partial charge in [0.2, 0.25) is 0 Å². The topological polar surface area (TPSA) is 0 Å². The highest BCUT2D eigenvalue weighted by atomic mass is 35.5. The summed E-state index contributed by atoms with van der Waals surface area (Å²) in [5.74, 6) is 0. The molecule has 0 aliphatic carbocycles. The number of rotatable bonds is 1. The van der Waals surface area contributed by atoms with E-state index in [9.17, 15) is 0 Å². The second kappa shape index (κ2) is 2.51. The summed E-state index contributed by atoms with van der Waals surface area (Å²) in [6.45, 7) is 2.11. The Hall–Kier alpha value is -0.0100. The van der Waals surface area contributed by atoms with Crippen molar-refractivity contribution in [3.63, 3.8) is 0 Å². The maximum atomic E-state index is 5.75. The molecule has 44 valence electrons. The van der Waals surface area contributed by atoms with Crippen molar-refractivity contribution < 1.29 is 0 Å². The van der Waals surface area contributed by atoms with Crippen LogP contribution in [-0.4, -0.2) is 0 Å². The van der Waals surface area contributed by atoms with Crippen LogP contribution >= 0.6 is 22.9 Å². The van der Waals surface area contributed by atoms with Crippen LogP contribution in [0.5, 0.6) is 0 Å². The van der Waals surface area contributed by atoms with E-state index in [1.807, 2.05) is 11.4 Å². The van der Waals surface area contributed by atoms with Crippen LogP contribution in [0.2, 0.25) is 5.02 Å². The molecular formula is C6H7ClS. The fourth-order valence-corrected chi connectivity index (χ4v) is 1.70. The molecule has 2 heteroatoms. The lowest BCUT2D eigenvalue weighted by Crippen LogP contribution is -1.67. The predicted molar refractivity (Wildman–Crippen MR) is 38.7 cm³/mol. The Balaban J connectivity index is 2.92. The number of hydrogen-bond acceptors (Lipinski definition) is 1. The van der Waals surface area contributed by atoms with E-state index in [1.165, 1.54) is 4.88 Å². The lowest BCUT2D eigenvalue weighted by Gasteiger charge is -1.85. The van der Waals surface area contributed by atoms with Gasteiger partial charge in [-0.3, -0.25) is 0 Å². The normalized spacial score (nSPS) is 9.75. The molecule has 0 fully saturated rings. The highest BCUT2D eigenvalue weighted by Gasteiger charge is 1.95. The van der Waals surface area contributed by atoms with Gasteiger partial charge in [0.1, 0.15) is 0 Å². The molecule has 0 aliphatic heterocycles. The maximum absolute atomic E-state index is 5.75. The predicted octanol–water partition coefficient (Wildman–Crippen LogP) is 2.96. The molecule has 0 aliphatic rings. The first-order valence-corrected chi connectivity index (χ1v) is 3.82. The van der Waals surface area contributed by atoms with Crippen LogP contribution in [0.15, 0.2) is 11.4 Å². The minimum atomic E-state index is 0.914. The van der Waals surface area contributed by atoms with E-state index in [0.29, 0.717) is 0 Å². The Morgan fingerprint density at radius 2 is 2.50 bits per heavy atom. The average molecular weight is 147 g/mol. The molecule has 0 amide bonds. The summed E-state index contributed by atoms with van der Waals surface area (Å²) < 4.78 is 0. The van der Waals surface area contributed by atoms with Gasteiger partial charge in [-0.1, -0.05) is 18.5 Å². The van der Waals surface area contributed by atoms with Gasteiger partial charge in [-0.2, -0.15) is 0 Å². The molecule has 0 atom stereocenters. The average Bonchev–Trinajstić information content (AvgIpc) is 2.14. The number of hydrogen-bond donors (Lipinski definition) is 0. The van der Waals surface area contributed by atoms with Gasteiger partial charge >= 0.3 is 0 Å². The van der Waals surface area contributed by atoms with Gasteiger partial charge in [-0.15, -0.1) is 11.3 Å². The minimum Gasteiger partial charge on any atom is -0.147 e. The van der Waals surface area contributed by atoms with Crippen LogP contribution in [0.4, 0.5) is 0 Å².